The van der Waals surface area contributed by atoms with Crippen LogP contribution in [0, 0.1) is 24.0 Å². The van der Waals surface area contributed by atoms with Crippen molar-refractivity contribution < 1.29 is 4.92 Å². The first kappa shape index (κ1) is 29.4. The lowest BCUT2D eigenvalue weighted by Gasteiger charge is -2.28. The van der Waals surface area contributed by atoms with Gasteiger partial charge in [-0.3, -0.25) is 15.1 Å². The molecule has 0 aliphatic carbocycles. The average Bonchev–Trinajstić information content (AvgIpc) is 3.52. The standard InChI is InChI=1S/C34H32N6O2S2/c1-22-21-30(23(2)38(22)25-10-8-24(9-11-25)37(3)4)33-32(31-7-5-6-20-35-31)36-34(43)39(33)26-12-16-28(17-13-26)44-29-18-14-27(15-19-29)40(41)42/h5-21,32-33H,1-4H3,(H,36,43)/t32-,33+/m0/s1. The van der Waals surface area contributed by atoms with Gasteiger partial charge in [-0.1, -0.05) is 17.8 Å². The molecule has 0 bridgehead atoms. The molecule has 3 heterocycles. The molecule has 0 unspecified atom stereocenters. The molecule has 0 spiro atoms. The number of hydrogen-bond acceptors (Lipinski definition) is 6. The van der Waals surface area contributed by atoms with Crippen molar-refractivity contribution in [3.05, 3.63) is 136 Å². The van der Waals surface area contributed by atoms with Gasteiger partial charge in [-0.15, -0.1) is 0 Å². The summed E-state index contributed by atoms with van der Waals surface area (Å²) < 4.78 is 2.30. The summed E-state index contributed by atoms with van der Waals surface area (Å²) in [6.45, 7) is 4.31. The predicted octanol–water partition coefficient (Wildman–Crippen LogP) is 7.79. The van der Waals surface area contributed by atoms with Crippen molar-refractivity contribution >= 4 is 46.2 Å². The molecule has 3 aromatic carbocycles. The fraction of sp³-hybridized carbons (Fsp3) is 0.176. The number of aryl methyl sites for hydroxylation is 1. The van der Waals surface area contributed by atoms with E-state index in [1.165, 1.54) is 17.7 Å². The zero-order valence-electron chi connectivity index (χ0n) is 24.8. The molecule has 44 heavy (non-hydrogen) atoms. The molecule has 1 fully saturated rings. The highest BCUT2D eigenvalue weighted by Crippen LogP contribution is 2.44. The Balaban J connectivity index is 1.36. The van der Waals surface area contributed by atoms with Gasteiger partial charge < -0.3 is 19.7 Å². The fourth-order valence-electron chi connectivity index (χ4n) is 5.78. The summed E-state index contributed by atoms with van der Waals surface area (Å²) >= 11 is 7.53. The van der Waals surface area contributed by atoms with Crippen molar-refractivity contribution in [2.24, 2.45) is 0 Å². The number of hydrogen-bond donors (Lipinski definition) is 1. The van der Waals surface area contributed by atoms with Gasteiger partial charge in [-0.2, -0.15) is 0 Å². The largest absolute Gasteiger partial charge is 0.378 e. The summed E-state index contributed by atoms with van der Waals surface area (Å²) in [5, 5.41) is 15.2. The maximum Gasteiger partial charge on any atom is 0.269 e. The van der Waals surface area contributed by atoms with Crippen molar-refractivity contribution in [3.63, 3.8) is 0 Å². The van der Waals surface area contributed by atoms with Crippen LogP contribution in [0.25, 0.3) is 5.69 Å². The van der Waals surface area contributed by atoms with Gasteiger partial charge in [0.25, 0.3) is 5.69 Å². The molecule has 222 valence electrons. The number of nitro groups is 1. The first-order chi connectivity index (χ1) is 21.2. The molecule has 6 rings (SSSR count). The SMILES string of the molecule is Cc1cc([C@@H]2[C@H](c3ccccn3)NC(=S)N2c2ccc(Sc3ccc([N+](=O)[O-])cc3)cc2)c(C)n1-c1ccc(N(C)C)cc1. The third-order valence-corrected chi connectivity index (χ3v) is 9.24. The molecule has 2 aromatic heterocycles. The van der Waals surface area contributed by atoms with E-state index in [9.17, 15) is 10.1 Å². The first-order valence-corrected chi connectivity index (χ1v) is 15.4. The van der Waals surface area contributed by atoms with Crippen molar-refractivity contribution in [1.82, 2.24) is 14.9 Å². The molecule has 1 N–H and O–H groups in total. The molecular formula is C34H32N6O2S2. The van der Waals surface area contributed by atoms with Crippen molar-refractivity contribution in [3.8, 4) is 5.69 Å². The van der Waals surface area contributed by atoms with E-state index in [0.29, 0.717) is 5.11 Å². The lowest BCUT2D eigenvalue weighted by molar-refractivity contribution is -0.384. The number of benzene rings is 3. The summed E-state index contributed by atoms with van der Waals surface area (Å²) in [6.07, 6.45) is 1.82. The molecule has 5 aromatic rings. The highest BCUT2D eigenvalue weighted by Gasteiger charge is 2.42. The van der Waals surface area contributed by atoms with Crippen LogP contribution in [0.2, 0.25) is 0 Å². The van der Waals surface area contributed by atoms with E-state index in [1.807, 2.05) is 38.5 Å². The molecule has 0 amide bonds. The number of nitro benzene ring substituents is 1. The monoisotopic (exact) mass is 620 g/mol. The molecule has 2 atom stereocenters. The van der Waals surface area contributed by atoms with E-state index in [4.69, 9.17) is 17.2 Å². The predicted molar refractivity (Wildman–Crippen MR) is 181 cm³/mol. The smallest absolute Gasteiger partial charge is 0.269 e. The Labute approximate surface area is 266 Å². The second-order valence-corrected chi connectivity index (χ2v) is 12.4. The normalized spacial score (nSPS) is 16.2. The zero-order valence-corrected chi connectivity index (χ0v) is 26.5. The van der Waals surface area contributed by atoms with Gasteiger partial charge in [-0.25, -0.2) is 0 Å². The highest BCUT2D eigenvalue weighted by molar-refractivity contribution is 7.99. The van der Waals surface area contributed by atoms with Crippen molar-refractivity contribution in [2.75, 3.05) is 23.9 Å². The fourth-order valence-corrected chi connectivity index (χ4v) is 6.94. The second-order valence-electron chi connectivity index (χ2n) is 10.9. The Bertz CT molecular complexity index is 1800. The quantitative estimate of drug-likeness (QED) is 0.107. The number of thiocarbonyl (C=S) groups is 1. The summed E-state index contributed by atoms with van der Waals surface area (Å²) in [5.41, 5.74) is 7.70. The Morgan fingerprint density at radius 1 is 0.909 bits per heavy atom. The average molecular weight is 621 g/mol. The van der Waals surface area contributed by atoms with Crippen molar-refractivity contribution in [1.29, 1.82) is 0 Å². The van der Waals surface area contributed by atoms with Gasteiger partial charge in [0.05, 0.1) is 22.7 Å². The Morgan fingerprint density at radius 3 is 2.14 bits per heavy atom. The molecule has 1 aliphatic heterocycles. The van der Waals surface area contributed by atoms with E-state index in [1.54, 1.807) is 23.9 Å². The number of non-ortho nitro benzene ring substituents is 1. The molecule has 1 saturated heterocycles. The third kappa shape index (κ3) is 5.66. The number of nitrogens with zero attached hydrogens (tertiary/aromatic N) is 5. The minimum atomic E-state index is -0.386. The number of aromatic nitrogens is 2. The van der Waals surface area contributed by atoms with E-state index in [2.05, 4.69) is 88.1 Å². The van der Waals surface area contributed by atoms with Crippen LogP contribution in [-0.4, -0.2) is 33.7 Å². The van der Waals surface area contributed by atoms with E-state index in [0.717, 1.165) is 43.9 Å². The van der Waals surface area contributed by atoms with Gasteiger partial charge in [0.2, 0.25) is 0 Å². The molecule has 0 radical (unpaired) electrons. The Hall–Kier alpha value is -4.67. The van der Waals surface area contributed by atoms with Gasteiger partial charge in [0.15, 0.2) is 5.11 Å². The minimum absolute atomic E-state index is 0.0817. The van der Waals surface area contributed by atoms with Crippen LogP contribution in [0.15, 0.2) is 113 Å². The van der Waals surface area contributed by atoms with Crippen LogP contribution in [0.3, 0.4) is 0 Å². The Kier molecular flexibility index (Phi) is 8.11. The summed E-state index contributed by atoms with van der Waals surface area (Å²) in [5.74, 6) is 0. The first-order valence-electron chi connectivity index (χ1n) is 14.2. The van der Waals surface area contributed by atoms with Gasteiger partial charge in [0, 0.05) is 70.7 Å². The van der Waals surface area contributed by atoms with Crippen LogP contribution in [0.1, 0.15) is 34.7 Å². The summed E-state index contributed by atoms with van der Waals surface area (Å²) in [7, 11) is 4.09. The van der Waals surface area contributed by atoms with Gasteiger partial charge in [-0.05, 0) is 110 Å². The number of nitrogens with one attached hydrogen (secondary N) is 1. The highest BCUT2D eigenvalue weighted by atomic mass is 32.2. The number of rotatable bonds is 8. The molecular weight excluding hydrogens is 589 g/mol. The van der Waals surface area contributed by atoms with Crippen LogP contribution in [0.4, 0.5) is 17.1 Å². The molecule has 0 saturated carbocycles. The van der Waals surface area contributed by atoms with Crippen molar-refractivity contribution in [2.45, 2.75) is 35.7 Å². The van der Waals surface area contributed by atoms with Crippen LogP contribution in [-0.2, 0) is 0 Å². The number of pyridine rings is 1. The Morgan fingerprint density at radius 2 is 1.55 bits per heavy atom. The van der Waals surface area contributed by atoms with Crippen LogP contribution in [0.5, 0.6) is 0 Å². The molecule has 1 aliphatic rings. The molecule has 8 nitrogen and oxygen atoms in total. The topological polar surface area (TPSA) is 79.5 Å². The van der Waals surface area contributed by atoms with Gasteiger partial charge >= 0.3 is 0 Å². The number of anilines is 2. The summed E-state index contributed by atoms with van der Waals surface area (Å²) in [4.78, 5) is 21.6. The lowest BCUT2D eigenvalue weighted by atomic mass is 9.96. The maximum absolute atomic E-state index is 11.0. The minimum Gasteiger partial charge on any atom is -0.378 e. The maximum atomic E-state index is 11.0. The van der Waals surface area contributed by atoms with Gasteiger partial charge in [0.1, 0.15) is 0 Å². The van der Waals surface area contributed by atoms with Crippen LogP contribution < -0.4 is 15.1 Å². The van der Waals surface area contributed by atoms with E-state index >= 15 is 0 Å². The van der Waals surface area contributed by atoms with E-state index < -0.39 is 0 Å². The zero-order chi connectivity index (χ0) is 31.0. The van der Waals surface area contributed by atoms with E-state index in [-0.39, 0.29) is 22.7 Å². The summed E-state index contributed by atoms with van der Waals surface area (Å²) in [6, 6.07) is 31.4. The third-order valence-electron chi connectivity index (χ3n) is 7.91. The van der Waals surface area contributed by atoms with Crippen LogP contribution >= 0.6 is 24.0 Å². The second kappa shape index (κ2) is 12.1. The molecule has 10 heteroatoms. The lowest BCUT2D eigenvalue weighted by Crippen LogP contribution is -2.29.